The van der Waals surface area contributed by atoms with Crippen LogP contribution < -0.4 is 5.32 Å². The van der Waals surface area contributed by atoms with Gasteiger partial charge in [-0.2, -0.15) is 0 Å². The Morgan fingerprint density at radius 3 is 2.76 bits per heavy atom. The van der Waals surface area contributed by atoms with E-state index in [9.17, 15) is 4.79 Å². The van der Waals surface area contributed by atoms with Crippen molar-refractivity contribution in [1.29, 1.82) is 0 Å². The number of nitrogens with one attached hydrogen (secondary N) is 1. The first-order valence-corrected chi connectivity index (χ1v) is 5.99. The van der Waals surface area contributed by atoms with Crippen LogP contribution in [0.2, 0.25) is 0 Å². The molecule has 2 rings (SSSR count). The van der Waals surface area contributed by atoms with Gasteiger partial charge in [-0.25, -0.2) is 0 Å². The molecular formula is C14H19NO2. The van der Waals surface area contributed by atoms with Gasteiger partial charge >= 0.3 is 5.97 Å². The van der Waals surface area contributed by atoms with E-state index in [0.29, 0.717) is 6.54 Å². The molecule has 1 aliphatic rings. The summed E-state index contributed by atoms with van der Waals surface area (Å²) in [6, 6.07) is 8.04. The summed E-state index contributed by atoms with van der Waals surface area (Å²) in [6.45, 7) is 7.18. The van der Waals surface area contributed by atoms with Gasteiger partial charge in [-0.15, -0.1) is 0 Å². The Kier molecular flexibility index (Phi) is 3.20. The maximum Gasteiger partial charge on any atom is 0.315 e. The largest absolute Gasteiger partial charge is 0.459 e. The number of fused-ring (bicyclic) bond motifs is 1. The van der Waals surface area contributed by atoms with E-state index in [1.54, 1.807) is 0 Å². The first-order valence-electron chi connectivity index (χ1n) is 5.99. The monoisotopic (exact) mass is 233 g/mol. The van der Waals surface area contributed by atoms with Gasteiger partial charge in [0.25, 0.3) is 0 Å². The van der Waals surface area contributed by atoms with E-state index in [0.717, 1.165) is 12.1 Å². The Labute approximate surface area is 102 Å². The number of carbonyl (C=O) groups excluding carboxylic acids is 1. The summed E-state index contributed by atoms with van der Waals surface area (Å²) in [6.07, 6.45) is 0. The van der Waals surface area contributed by atoms with Crippen LogP contribution >= 0.6 is 0 Å². The molecule has 1 atom stereocenters. The lowest BCUT2D eigenvalue weighted by Crippen LogP contribution is -2.36. The highest BCUT2D eigenvalue weighted by Gasteiger charge is 2.29. The average molecular weight is 233 g/mol. The van der Waals surface area contributed by atoms with Crippen LogP contribution in [0, 0.1) is 0 Å². The van der Waals surface area contributed by atoms with Crippen LogP contribution in [0.25, 0.3) is 0 Å². The molecule has 3 nitrogen and oxygen atoms in total. The van der Waals surface area contributed by atoms with Gasteiger partial charge in [0.2, 0.25) is 0 Å². The molecule has 0 aromatic heterocycles. The van der Waals surface area contributed by atoms with E-state index >= 15 is 0 Å². The van der Waals surface area contributed by atoms with Gasteiger partial charge in [-0.3, -0.25) is 4.79 Å². The molecule has 92 valence electrons. The Balaban J connectivity index is 2.21. The minimum Gasteiger partial charge on any atom is -0.459 e. The lowest BCUT2D eigenvalue weighted by Gasteiger charge is -2.28. The van der Waals surface area contributed by atoms with Gasteiger partial charge in [0.15, 0.2) is 0 Å². The molecule has 0 amide bonds. The third kappa shape index (κ3) is 2.86. The van der Waals surface area contributed by atoms with Crippen molar-refractivity contribution < 1.29 is 9.53 Å². The maximum atomic E-state index is 12.1. The van der Waals surface area contributed by atoms with Crippen molar-refractivity contribution in [2.75, 3.05) is 6.54 Å². The van der Waals surface area contributed by atoms with Gasteiger partial charge in [0, 0.05) is 13.1 Å². The first-order chi connectivity index (χ1) is 7.97. The van der Waals surface area contributed by atoms with Crippen LogP contribution in [0.5, 0.6) is 0 Å². The molecule has 0 spiro atoms. The van der Waals surface area contributed by atoms with Crippen molar-refractivity contribution >= 4 is 5.97 Å². The van der Waals surface area contributed by atoms with Gasteiger partial charge in [0.1, 0.15) is 5.60 Å². The van der Waals surface area contributed by atoms with Crippen molar-refractivity contribution in [2.24, 2.45) is 0 Å². The Hall–Kier alpha value is -1.35. The van der Waals surface area contributed by atoms with Crippen LogP contribution in [0.4, 0.5) is 0 Å². The molecular weight excluding hydrogens is 214 g/mol. The Morgan fingerprint density at radius 2 is 2.06 bits per heavy atom. The molecule has 0 fully saturated rings. The number of rotatable bonds is 1. The van der Waals surface area contributed by atoms with Crippen LogP contribution in [0.15, 0.2) is 24.3 Å². The summed E-state index contributed by atoms with van der Waals surface area (Å²) in [5, 5.41) is 3.26. The van der Waals surface area contributed by atoms with Gasteiger partial charge in [-0.1, -0.05) is 24.3 Å². The predicted molar refractivity (Wildman–Crippen MR) is 66.7 cm³/mol. The molecule has 1 aromatic carbocycles. The summed E-state index contributed by atoms with van der Waals surface area (Å²) in [5.41, 5.74) is 1.86. The predicted octanol–water partition coefficient (Wildman–Crippen LogP) is 2.22. The molecule has 1 N–H and O–H groups in total. The average Bonchev–Trinajstić information content (AvgIpc) is 2.26. The molecule has 0 bridgehead atoms. The zero-order valence-electron chi connectivity index (χ0n) is 10.6. The molecule has 0 saturated carbocycles. The molecule has 0 radical (unpaired) electrons. The highest BCUT2D eigenvalue weighted by Crippen LogP contribution is 2.26. The first kappa shape index (κ1) is 12.1. The van der Waals surface area contributed by atoms with Crippen molar-refractivity contribution in [2.45, 2.75) is 38.8 Å². The summed E-state index contributed by atoms with van der Waals surface area (Å²) in [7, 11) is 0. The number of ether oxygens (including phenoxy) is 1. The van der Waals surface area contributed by atoms with Gasteiger partial charge < -0.3 is 10.1 Å². The fraction of sp³-hybridized carbons (Fsp3) is 0.500. The standard InChI is InChI=1S/C14H19NO2/c1-14(2,3)17-13(16)12-9-15-8-10-6-4-5-7-11(10)12/h4-7,12,15H,8-9H2,1-3H3. The minimum absolute atomic E-state index is 0.142. The van der Waals surface area contributed by atoms with Gasteiger partial charge in [-0.05, 0) is 31.9 Å². The number of hydrogen-bond donors (Lipinski definition) is 1. The second kappa shape index (κ2) is 4.49. The fourth-order valence-electron chi connectivity index (χ4n) is 2.08. The smallest absolute Gasteiger partial charge is 0.315 e. The Morgan fingerprint density at radius 1 is 1.35 bits per heavy atom. The van der Waals surface area contributed by atoms with Crippen LogP contribution in [-0.4, -0.2) is 18.1 Å². The SMILES string of the molecule is CC(C)(C)OC(=O)C1CNCc2ccccc21. The lowest BCUT2D eigenvalue weighted by molar-refractivity contribution is -0.156. The zero-order chi connectivity index (χ0) is 12.5. The third-order valence-electron chi connectivity index (χ3n) is 2.79. The maximum absolute atomic E-state index is 12.1. The minimum atomic E-state index is -0.427. The molecule has 1 unspecified atom stereocenters. The summed E-state index contributed by atoms with van der Waals surface area (Å²) in [4.78, 5) is 12.1. The normalized spacial score (nSPS) is 19.6. The van der Waals surface area contributed by atoms with E-state index in [4.69, 9.17) is 4.74 Å². The number of benzene rings is 1. The molecule has 3 heteroatoms. The van der Waals surface area contributed by atoms with E-state index in [-0.39, 0.29) is 11.9 Å². The van der Waals surface area contributed by atoms with E-state index in [1.165, 1.54) is 5.56 Å². The highest BCUT2D eigenvalue weighted by atomic mass is 16.6. The van der Waals surface area contributed by atoms with Crippen molar-refractivity contribution in [3.8, 4) is 0 Å². The molecule has 1 aliphatic heterocycles. The van der Waals surface area contributed by atoms with E-state index < -0.39 is 5.60 Å². The fourth-order valence-corrected chi connectivity index (χ4v) is 2.08. The van der Waals surface area contributed by atoms with E-state index in [2.05, 4.69) is 11.4 Å². The van der Waals surface area contributed by atoms with Gasteiger partial charge in [0.05, 0.1) is 5.92 Å². The number of hydrogen-bond acceptors (Lipinski definition) is 3. The second-order valence-corrected chi connectivity index (χ2v) is 5.42. The quantitative estimate of drug-likeness (QED) is 0.756. The second-order valence-electron chi connectivity index (χ2n) is 5.42. The molecule has 0 aliphatic carbocycles. The van der Waals surface area contributed by atoms with Crippen LogP contribution in [-0.2, 0) is 16.1 Å². The van der Waals surface area contributed by atoms with E-state index in [1.807, 2.05) is 39.0 Å². The molecule has 0 saturated heterocycles. The lowest BCUT2D eigenvalue weighted by atomic mass is 9.91. The number of esters is 1. The topological polar surface area (TPSA) is 38.3 Å². The third-order valence-corrected chi connectivity index (χ3v) is 2.79. The molecule has 1 heterocycles. The van der Waals surface area contributed by atoms with Crippen molar-refractivity contribution in [1.82, 2.24) is 5.32 Å². The Bertz CT molecular complexity index is 420. The van der Waals surface area contributed by atoms with Crippen molar-refractivity contribution in [3.63, 3.8) is 0 Å². The van der Waals surface area contributed by atoms with Crippen molar-refractivity contribution in [3.05, 3.63) is 35.4 Å². The molecule has 17 heavy (non-hydrogen) atoms. The summed E-state index contributed by atoms with van der Waals surface area (Å²) >= 11 is 0. The zero-order valence-corrected chi connectivity index (χ0v) is 10.6. The number of carbonyl (C=O) groups is 1. The van der Waals surface area contributed by atoms with Crippen LogP contribution in [0.3, 0.4) is 0 Å². The van der Waals surface area contributed by atoms with Crippen LogP contribution in [0.1, 0.15) is 37.8 Å². The summed E-state index contributed by atoms with van der Waals surface area (Å²) in [5.74, 6) is -0.323. The highest BCUT2D eigenvalue weighted by molar-refractivity contribution is 5.79. The molecule has 1 aromatic rings. The summed E-state index contributed by atoms with van der Waals surface area (Å²) < 4.78 is 5.46.